The average Bonchev–Trinajstić information content (AvgIpc) is 3.44. The van der Waals surface area contributed by atoms with Crippen LogP contribution in [0.15, 0.2) is 51.9 Å². The summed E-state index contributed by atoms with van der Waals surface area (Å²) in [6, 6.07) is 10.6. The highest BCUT2D eigenvalue weighted by Crippen LogP contribution is 2.30. The number of nitrogens with one attached hydrogen (secondary N) is 2. The molecule has 2 heterocycles. The van der Waals surface area contributed by atoms with Gasteiger partial charge in [0, 0.05) is 44.0 Å². The summed E-state index contributed by atoms with van der Waals surface area (Å²) in [5, 5.41) is 16.9. The van der Waals surface area contributed by atoms with E-state index in [2.05, 4.69) is 15.2 Å². The van der Waals surface area contributed by atoms with E-state index >= 15 is 0 Å². The molecule has 0 radical (unpaired) electrons. The second-order valence-corrected chi connectivity index (χ2v) is 14.4. The number of sulfonamides is 1. The lowest BCUT2D eigenvalue weighted by Crippen LogP contribution is -2.48. The van der Waals surface area contributed by atoms with Crippen LogP contribution in [0.1, 0.15) is 61.8 Å². The van der Waals surface area contributed by atoms with Crippen LogP contribution in [0.4, 0.5) is 16.2 Å². The number of urea groups is 1. The number of anilines is 2. The number of carbonyl (C=O) groups excluding carboxylic acids is 2. The van der Waals surface area contributed by atoms with Gasteiger partial charge in [0.25, 0.3) is 15.9 Å². The Morgan fingerprint density at radius 3 is 2.48 bits per heavy atom. The molecule has 50 heavy (non-hydrogen) atoms. The van der Waals surface area contributed by atoms with Crippen LogP contribution >= 0.6 is 0 Å². The lowest BCUT2D eigenvalue weighted by Gasteiger charge is -2.35. The van der Waals surface area contributed by atoms with Gasteiger partial charge >= 0.3 is 6.03 Å². The number of aromatic nitrogens is 1. The Morgan fingerprint density at radius 1 is 1.14 bits per heavy atom. The standard InChI is InChI=1S/C35H49N5O9S/c1-22-19-40(23(2)21-41)34(42)30-18-28(38-50(44,45)33-25(4)37-49-26(33)5)13-16-31(30)48-24(3)10-8-9-17-47-32(22)20-39(6)35(43)36-27-11-14-29(46-7)15-12-27/h11-16,18,22-24,32,38,41H,8-10,17,19-21H2,1-7H3,(H,36,43)/t22-,23+,24+,32-/m1/s1. The number of fused-ring (bicyclic) bond motifs is 1. The fraction of sp³-hybridized carbons (Fsp3) is 0.514. The van der Waals surface area contributed by atoms with Crippen molar-refractivity contribution in [3.05, 3.63) is 59.5 Å². The van der Waals surface area contributed by atoms with Crippen molar-refractivity contribution in [2.24, 2.45) is 5.92 Å². The lowest BCUT2D eigenvalue weighted by molar-refractivity contribution is -0.0115. The number of aryl methyl sites for hydroxylation is 2. The van der Waals surface area contributed by atoms with Crippen LogP contribution in [-0.4, -0.2) is 99.1 Å². The minimum Gasteiger partial charge on any atom is -0.497 e. The van der Waals surface area contributed by atoms with Gasteiger partial charge in [-0.2, -0.15) is 0 Å². The molecule has 0 saturated carbocycles. The molecule has 4 atom stereocenters. The Kier molecular flexibility index (Phi) is 13.1. The summed E-state index contributed by atoms with van der Waals surface area (Å²) in [6.07, 6.45) is 1.51. The molecule has 0 aliphatic carbocycles. The van der Waals surface area contributed by atoms with Gasteiger partial charge in [-0.15, -0.1) is 0 Å². The first kappa shape index (κ1) is 38.5. The molecular formula is C35H49N5O9S. The Bertz CT molecular complexity index is 1690. The molecule has 1 aromatic heterocycles. The third-order valence-corrected chi connectivity index (χ3v) is 10.3. The number of likely N-dealkylation sites (N-methyl/N-ethyl adjacent to an activating group) is 1. The molecule has 0 unspecified atom stereocenters. The first-order chi connectivity index (χ1) is 23.7. The number of amides is 3. The predicted molar refractivity (Wildman–Crippen MR) is 188 cm³/mol. The molecule has 3 aromatic rings. The van der Waals surface area contributed by atoms with Gasteiger partial charge in [0.1, 0.15) is 17.2 Å². The summed E-state index contributed by atoms with van der Waals surface area (Å²) >= 11 is 0. The third-order valence-electron chi connectivity index (χ3n) is 8.68. The summed E-state index contributed by atoms with van der Waals surface area (Å²) in [5.74, 6) is 0.370. The van der Waals surface area contributed by atoms with E-state index in [1.54, 1.807) is 56.3 Å². The number of hydrogen-bond donors (Lipinski definition) is 3. The molecule has 1 aliphatic rings. The van der Waals surface area contributed by atoms with Crippen molar-refractivity contribution in [3.63, 3.8) is 0 Å². The zero-order chi connectivity index (χ0) is 36.6. The molecule has 0 saturated heterocycles. The molecule has 15 heteroatoms. The van der Waals surface area contributed by atoms with Crippen molar-refractivity contribution < 1.29 is 41.8 Å². The summed E-state index contributed by atoms with van der Waals surface area (Å²) in [7, 11) is -0.846. The summed E-state index contributed by atoms with van der Waals surface area (Å²) in [6.45, 7) is 9.15. The van der Waals surface area contributed by atoms with E-state index in [-0.39, 0.29) is 65.3 Å². The van der Waals surface area contributed by atoms with Crippen molar-refractivity contribution in [3.8, 4) is 11.5 Å². The topological polar surface area (TPSA) is 173 Å². The maximum absolute atomic E-state index is 14.4. The smallest absolute Gasteiger partial charge is 0.321 e. The summed E-state index contributed by atoms with van der Waals surface area (Å²) in [4.78, 5) is 30.6. The lowest BCUT2D eigenvalue weighted by atomic mass is 10.0. The normalized spacial score (nSPS) is 19.8. The molecule has 0 fully saturated rings. The Morgan fingerprint density at radius 2 is 1.84 bits per heavy atom. The Labute approximate surface area is 294 Å². The summed E-state index contributed by atoms with van der Waals surface area (Å²) in [5.41, 5.74) is 1.09. The van der Waals surface area contributed by atoms with Gasteiger partial charge in [-0.25, -0.2) is 13.2 Å². The molecule has 2 aromatic carbocycles. The van der Waals surface area contributed by atoms with E-state index < -0.39 is 28.1 Å². The first-order valence-electron chi connectivity index (χ1n) is 16.7. The van der Waals surface area contributed by atoms with Gasteiger partial charge in [-0.3, -0.25) is 9.52 Å². The van der Waals surface area contributed by atoms with Crippen molar-refractivity contribution in [1.29, 1.82) is 0 Å². The van der Waals surface area contributed by atoms with Crippen molar-refractivity contribution >= 4 is 33.3 Å². The molecule has 3 amide bonds. The largest absolute Gasteiger partial charge is 0.497 e. The van der Waals surface area contributed by atoms with Crippen LogP contribution in [0.2, 0.25) is 0 Å². The van der Waals surface area contributed by atoms with E-state index in [1.807, 2.05) is 13.8 Å². The van der Waals surface area contributed by atoms with Crippen LogP contribution in [0.3, 0.4) is 0 Å². The van der Waals surface area contributed by atoms with Crippen LogP contribution in [0, 0.1) is 19.8 Å². The highest BCUT2D eigenvalue weighted by Gasteiger charge is 2.32. The van der Waals surface area contributed by atoms with E-state index in [9.17, 15) is 23.1 Å². The van der Waals surface area contributed by atoms with Gasteiger partial charge < -0.3 is 39.0 Å². The highest BCUT2D eigenvalue weighted by molar-refractivity contribution is 7.92. The van der Waals surface area contributed by atoms with Gasteiger partial charge in [0.15, 0.2) is 10.7 Å². The van der Waals surface area contributed by atoms with Crippen LogP contribution < -0.4 is 19.5 Å². The monoisotopic (exact) mass is 715 g/mol. The Balaban J connectivity index is 1.62. The zero-order valence-electron chi connectivity index (χ0n) is 29.8. The molecule has 4 rings (SSSR count). The molecular weight excluding hydrogens is 666 g/mol. The predicted octanol–water partition coefficient (Wildman–Crippen LogP) is 5.06. The fourth-order valence-electron chi connectivity index (χ4n) is 5.76. The number of carbonyl (C=O) groups is 2. The maximum atomic E-state index is 14.4. The first-order valence-corrected chi connectivity index (χ1v) is 18.2. The van der Waals surface area contributed by atoms with Gasteiger partial charge in [0.2, 0.25) is 0 Å². The molecule has 274 valence electrons. The van der Waals surface area contributed by atoms with Crippen molar-refractivity contribution in [2.75, 3.05) is 50.5 Å². The number of aliphatic hydroxyl groups excluding tert-OH is 1. The van der Waals surface area contributed by atoms with Gasteiger partial charge in [-0.05, 0) is 89.4 Å². The number of benzene rings is 2. The molecule has 3 N–H and O–H groups in total. The average molecular weight is 716 g/mol. The highest BCUT2D eigenvalue weighted by atomic mass is 32.2. The number of nitrogens with zero attached hydrogens (tertiary/aromatic N) is 3. The number of methoxy groups -OCH3 is 1. The van der Waals surface area contributed by atoms with E-state index in [4.69, 9.17) is 18.7 Å². The van der Waals surface area contributed by atoms with Gasteiger partial charge in [-0.1, -0.05) is 12.1 Å². The SMILES string of the molecule is COc1ccc(NC(=O)N(C)C[C@H]2OCCCC[C@H](C)Oc3ccc(NS(=O)(=O)c4c(C)noc4C)cc3C(=O)N([C@@H](C)CO)C[C@H]2C)cc1. The molecule has 0 spiro atoms. The zero-order valence-corrected chi connectivity index (χ0v) is 30.6. The number of hydrogen-bond acceptors (Lipinski definition) is 10. The second-order valence-electron chi connectivity index (χ2n) is 12.8. The molecule has 14 nitrogen and oxygen atoms in total. The van der Waals surface area contributed by atoms with E-state index in [1.165, 1.54) is 30.9 Å². The minimum absolute atomic E-state index is 0.0770. The van der Waals surface area contributed by atoms with Crippen molar-refractivity contribution in [1.82, 2.24) is 15.0 Å². The molecule has 1 aliphatic heterocycles. The number of aliphatic hydroxyl groups is 1. The minimum atomic E-state index is -4.10. The van der Waals surface area contributed by atoms with Crippen molar-refractivity contribution in [2.45, 2.75) is 77.0 Å². The van der Waals surface area contributed by atoms with Crippen LogP contribution in [0.25, 0.3) is 0 Å². The van der Waals surface area contributed by atoms with E-state index in [0.717, 1.165) is 12.8 Å². The molecule has 0 bridgehead atoms. The number of rotatable bonds is 9. The van der Waals surface area contributed by atoms with Crippen LogP contribution in [0.5, 0.6) is 11.5 Å². The van der Waals surface area contributed by atoms with Crippen LogP contribution in [-0.2, 0) is 14.8 Å². The second kappa shape index (κ2) is 17.1. The van der Waals surface area contributed by atoms with Gasteiger partial charge in [0.05, 0.1) is 37.5 Å². The Hall–Kier alpha value is -4.34. The maximum Gasteiger partial charge on any atom is 0.321 e. The quantitative estimate of drug-likeness (QED) is 0.272. The third kappa shape index (κ3) is 9.67. The fourth-order valence-corrected chi connectivity index (χ4v) is 7.14. The van der Waals surface area contributed by atoms with E-state index in [0.29, 0.717) is 30.2 Å². The summed E-state index contributed by atoms with van der Waals surface area (Å²) < 4.78 is 52.1. The number of ether oxygens (including phenoxy) is 3.